The molecule has 0 spiro atoms. The van der Waals surface area contributed by atoms with Crippen molar-refractivity contribution in [3.8, 4) is 0 Å². The van der Waals surface area contributed by atoms with Crippen LogP contribution in [0.4, 0.5) is 0 Å². The maximum Gasteiger partial charge on any atom is 0.321 e. The van der Waals surface area contributed by atoms with E-state index in [0.29, 0.717) is 5.75 Å². The van der Waals surface area contributed by atoms with Gasteiger partial charge in [-0.3, -0.25) is 10.1 Å². The average molecular weight is 335 g/mol. The number of benzene rings is 1. The first-order valence-electron chi connectivity index (χ1n) is 4.53. The van der Waals surface area contributed by atoms with Crippen molar-refractivity contribution in [2.24, 2.45) is 0 Å². The zero-order valence-corrected chi connectivity index (χ0v) is 10.8. The van der Waals surface area contributed by atoms with Crippen molar-refractivity contribution >= 4 is 40.3 Å². The Labute approximate surface area is 106 Å². The van der Waals surface area contributed by atoms with E-state index < -0.39 is 12.0 Å². The monoisotopic (exact) mass is 335 g/mol. The molecule has 1 heterocycles. The van der Waals surface area contributed by atoms with E-state index in [1.807, 2.05) is 24.3 Å². The molecule has 2 rings (SSSR count). The lowest BCUT2D eigenvalue weighted by Crippen LogP contribution is -2.33. The van der Waals surface area contributed by atoms with E-state index >= 15 is 0 Å². The van der Waals surface area contributed by atoms with Crippen molar-refractivity contribution in [1.29, 1.82) is 0 Å². The third kappa shape index (κ3) is 2.64. The Hall–Kier alpha value is -0.270. The second-order valence-electron chi connectivity index (χ2n) is 3.32. The summed E-state index contributed by atoms with van der Waals surface area (Å²) in [6, 6.07) is 7.73. The molecule has 5 heteroatoms. The number of carbonyl (C=O) groups is 1. The largest absolute Gasteiger partial charge is 0.480 e. The molecule has 0 saturated carbocycles. The lowest BCUT2D eigenvalue weighted by Gasteiger charge is -2.10. The second kappa shape index (κ2) is 4.71. The normalized spacial score (nSPS) is 25.4. The Morgan fingerprint density at radius 1 is 1.47 bits per heavy atom. The zero-order valence-electron chi connectivity index (χ0n) is 7.81. The molecule has 0 aromatic heterocycles. The Balaban J connectivity index is 2.07. The Morgan fingerprint density at radius 3 is 2.67 bits per heavy atom. The zero-order chi connectivity index (χ0) is 10.8. The highest BCUT2D eigenvalue weighted by Crippen LogP contribution is 2.32. The van der Waals surface area contributed by atoms with Crippen molar-refractivity contribution in [3.63, 3.8) is 0 Å². The quantitative estimate of drug-likeness (QED) is 0.813. The van der Waals surface area contributed by atoms with Gasteiger partial charge in [-0.15, -0.1) is 11.8 Å². The topological polar surface area (TPSA) is 49.3 Å². The SMILES string of the molecule is O=C(O)C1CSC(c2ccc(I)cc2)N1. The summed E-state index contributed by atoms with van der Waals surface area (Å²) in [5.74, 6) is -0.137. The van der Waals surface area contributed by atoms with E-state index in [9.17, 15) is 4.79 Å². The van der Waals surface area contributed by atoms with Crippen LogP contribution in [0.3, 0.4) is 0 Å². The van der Waals surface area contributed by atoms with Crippen LogP contribution in [0.25, 0.3) is 0 Å². The molecule has 2 N–H and O–H groups in total. The lowest BCUT2D eigenvalue weighted by molar-refractivity contribution is -0.138. The Morgan fingerprint density at radius 2 is 2.13 bits per heavy atom. The molecule has 1 fully saturated rings. The third-order valence-electron chi connectivity index (χ3n) is 2.25. The van der Waals surface area contributed by atoms with Crippen molar-refractivity contribution < 1.29 is 9.90 Å². The van der Waals surface area contributed by atoms with Crippen LogP contribution < -0.4 is 5.32 Å². The second-order valence-corrected chi connectivity index (χ2v) is 5.71. The predicted octanol–water partition coefficient (Wildman–Crippen LogP) is 2.08. The van der Waals surface area contributed by atoms with Crippen LogP contribution >= 0.6 is 34.4 Å². The lowest BCUT2D eigenvalue weighted by atomic mass is 10.2. The number of rotatable bonds is 2. The first-order chi connectivity index (χ1) is 7.16. The Bertz CT molecular complexity index is 368. The number of aliphatic carboxylic acids is 1. The van der Waals surface area contributed by atoms with Crippen LogP contribution in [0, 0.1) is 3.57 Å². The van der Waals surface area contributed by atoms with Crippen molar-refractivity contribution in [3.05, 3.63) is 33.4 Å². The summed E-state index contributed by atoms with van der Waals surface area (Å²) in [4.78, 5) is 10.8. The molecule has 1 aliphatic rings. The molecule has 0 radical (unpaired) electrons. The van der Waals surface area contributed by atoms with Gasteiger partial charge < -0.3 is 5.11 Å². The summed E-state index contributed by atoms with van der Waals surface area (Å²) in [7, 11) is 0. The summed E-state index contributed by atoms with van der Waals surface area (Å²) >= 11 is 3.90. The fraction of sp³-hybridized carbons (Fsp3) is 0.300. The summed E-state index contributed by atoms with van der Waals surface area (Å²) in [5.41, 5.74) is 1.14. The highest BCUT2D eigenvalue weighted by molar-refractivity contribution is 14.1. The summed E-state index contributed by atoms with van der Waals surface area (Å²) < 4.78 is 1.19. The average Bonchev–Trinajstić information content (AvgIpc) is 2.68. The van der Waals surface area contributed by atoms with Crippen LogP contribution in [0.15, 0.2) is 24.3 Å². The number of thioether (sulfide) groups is 1. The molecular formula is C10H10INO2S. The minimum absolute atomic E-state index is 0.114. The van der Waals surface area contributed by atoms with Gasteiger partial charge in [0.1, 0.15) is 6.04 Å². The van der Waals surface area contributed by atoms with E-state index in [0.717, 1.165) is 5.56 Å². The van der Waals surface area contributed by atoms with Gasteiger partial charge in [0.2, 0.25) is 0 Å². The van der Waals surface area contributed by atoms with Crippen LogP contribution in [-0.2, 0) is 4.79 Å². The number of carboxylic acid groups (broad SMARTS) is 1. The number of hydrogen-bond acceptors (Lipinski definition) is 3. The summed E-state index contributed by atoms with van der Waals surface area (Å²) in [5, 5.41) is 12.0. The molecule has 2 unspecified atom stereocenters. The molecule has 1 aromatic rings. The van der Waals surface area contributed by atoms with Crippen molar-refractivity contribution in [2.75, 3.05) is 5.75 Å². The molecule has 2 atom stereocenters. The smallest absolute Gasteiger partial charge is 0.321 e. The van der Waals surface area contributed by atoms with Crippen LogP contribution in [-0.4, -0.2) is 22.9 Å². The van der Waals surface area contributed by atoms with E-state index in [4.69, 9.17) is 5.11 Å². The van der Waals surface area contributed by atoms with Gasteiger partial charge in [0, 0.05) is 9.32 Å². The van der Waals surface area contributed by atoms with E-state index in [1.165, 1.54) is 3.57 Å². The molecule has 0 bridgehead atoms. The Kier molecular flexibility index (Phi) is 3.53. The van der Waals surface area contributed by atoms with Gasteiger partial charge in [-0.1, -0.05) is 12.1 Å². The number of hydrogen-bond donors (Lipinski definition) is 2. The predicted molar refractivity (Wildman–Crippen MR) is 68.9 cm³/mol. The molecular weight excluding hydrogens is 325 g/mol. The van der Waals surface area contributed by atoms with Gasteiger partial charge in [-0.25, -0.2) is 0 Å². The number of halogens is 1. The highest BCUT2D eigenvalue weighted by Gasteiger charge is 2.29. The molecule has 1 aromatic carbocycles. The highest BCUT2D eigenvalue weighted by atomic mass is 127. The molecule has 3 nitrogen and oxygen atoms in total. The van der Waals surface area contributed by atoms with Gasteiger partial charge in [-0.2, -0.15) is 0 Å². The fourth-order valence-electron chi connectivity index (χ4n) is 1.44. The van der Waals surface area contributed by atoms with Crippen LogP contribution in [0.1, 0.15) is 10.9 Å². The molecule has 1 saturated heterocycles. The maximum absolute atomic E-state index is 10.8. The molecule has 15 heavy (non-hydrogen) atoms. The minimum Gasteiger partial charge on any atom is -0.480 e. The summed E-state index contributed by atoms with van der Waals surface area (Å²) in [6.45, 7) is 0. The minimum atomic E-state index is -0.768. The van der Waals surface area contributed by atoms with Crippen molar-refractivity contribution in [1.82, 2.24) is 5.32 Å². The van der Waals surface area contributed by atoms with E-state index in [-0.39, 0.29) is 5.37 Å². The molecule has 0 amide bonds. The number of nitrogens with one attached hydrogen (secondary N) is 1. The van der Waals surface area contributed by atoms with Crippen LogP contribution in [0.5, 0.6) is 0 Å². The van der Waals surface area contributed by atoms with Gasteiger partial charge >= 0.3 is 5.97 Å². The molecule has 0 aliphatic carbocycles. The van der Waals surface area contributed by atoms with Gasteiger partial charge in [0.15, 0.2) is 0 Å². The molecule has 1 aliphatic heterocycles. The molecule has 80 valence electrons. The summed E-state index contributed by atoms with van der Waals surface area (Å²) in [6.07, 6.45) is 0. The fourth-order valence-corrected chi connectivity index (χ4v) is 3.04. The van der Waals surface area contributed by atoms with Gasteiger partial charge in [-0.05, 0) is 40.3 Å². The standard InChI is InChI=1S/C10H10INO2S/c11-7-3-1-6(2-4-7)9-12-8(5-15-9)10(13)14/h1-4,8-9,12H,5H2,(H,13,14). The van der Waals surface area contributed by atoms with Crippen molar-refractivity contribution in [2.45, 2.75) is 11.4 Å². The first kappa shape index (κ1) is 11.2. The first-order valence-corrected chi connectivity index (χ1v) is 6.65. The van der Waals surface area contributed by atoms with Crippen LogP contribution in [0.2, 0.25) is 0 Å². The third-order valence-corrected chi connectivity index (χ3v) is 4.24. The number of carboxylic acids is 1. The maximum atomic E-state index is 10.8. The van der Waals surface area contributed by atoms with E-state index in [1.54, 1.807) is 11.8 Å². The van der Waals surface area contributed by atoms with Gasteiger partial charge in [0.25, 0.3) is 0 Å². The van der Waals surface area contributed by atoms with E-state index in [2.05, 4.69) is 27.9 Å². The van der Waals surface area contributed by atoms with Gasteiger partial charge in [0.05, 0.1) is 5.37 Å².